The summed E-state index contributed by atoms with van der Waals surface area (Å²) in [4.78, 5) is 21.8. The van der Waals surface area contributed by atoms with E-state index in [0.29, 0.717) is 5.56 Å². The standard InChI is InChI=1S/C21H17N3O/c1-13-7-8-18-17(11-13)20(9-10-22-18)24-21(25)16-12-14(2)23-19-6-4-3-5-15(16)19/h3-12H,1-2H3,(H,22,24,25). The molecular formula is C21H17N3O. The predicted molar refractivity (Wildman–Crippen MR) is 101 cm³/mol. The molecule has 122 valence electrons. The van der Waals surface area contributed by atoms with Gasteiger partial charge in [-0.2, -0.15) is 0 Å². The first-order chi connectivity index (χ1) is 12.1. The molecule has 0 atom stereocenters. The Labute approximate surface area is 145 Å². The van der Waals surface area contributed by atoms with Gasteiger partial charge in [0.1, 0.15) is 0 Å². The number of carbonyl (C=O) groups excluding carboxylic acids is 1. The molecule has 4 aromatic rings. The van der Waals surface area contributed by atoms with Crippen molar-refractivity contribution >= 4 is 33.4 Å². The van der Waals surface area contributed by atoms with Gasteiger partial charge in [0.05, 0.1) is 22.3 Å². The highest BCUT2D eigenvalue weighted by Gasteiger charge is 2.13. The summed E-state index contributed by atoms with van der Waals surface area (Å²) in [5.41, 5.74) is 5.01. The summed E-state index contributed by atoms with van der Waals surface area (Å²) in [6.45, 7) is 3.92. The minimum atomic E-state index is -0.143. The second-order valence-electron chi connectivity index (χ2n) is 6.16. The van der Waals surface area contributed by atoms with E-state index in [-0.39, 0.29) is 5.91 Å². The average molecular weight is 327 g/mol. The van der Waals surface area contributed by atoms with Gasteiger partial charge in [0.2, 0.25) is 0 Å². The number of carbonyl (C=O) groups is 1. The van der Waals surface area contributed by atoms with Crippen LogP contribution in [0.15, 0.2) is 60.8 Å². The molecule has 0 aliphatic rings. The zero-order valence-electron chi connectivity index (χ0n) is 14.1. The first-order valence-electron chi connectivity index (χ1n) is 8.15. The van der Waals surface area contributed by atoms with Crippen molar-refractivity contribution in [2.45, 2.75) is 13.8 Å². The van der Waals surface area contributed by atoms with E-state index in [4.69, 9.17) is 0 Å². The van der Waals surface area contributed by atoms with Gasteiger partial charge in [-0.15, -0.1) is 0 Å². The summed E-state index contributed by atoms with van der Waals surface area (Å²) in [6, 6.07) is 17.4. The summed E-state index contributed by atoms with van der Waals surface area (Å²) >= 11 is 0. The van der Waals surface area contributed by atoms with Crippen molar-refractivity contribution in [2.75, 3.05) is 5.32 Å². The van der Waals surface area contributed by atoms with Crippen LogP contribution in [0.2, 0.25) is 0 Å². The fourth-order valence-electron chi connectivity index (χ4n) is 3.05. The molecule has 0 fully saturated rings. The minimum Gasteiger partial charge on any atom is -0.321 e. The van der Waals surface area contributed by atoms with Crippen molar-refractivity contribution in [1.29, 1.82) is 0 Å². The molecule has 2 heterocycles. The van der Waals surface area contributed by atoms with Crippen LogP contribution in [0.3, 0.4) is 0 Å². The molecule has 1 N–H and O–H groups in total. The minimum absolute atomic E-state index is 0.143. The number of pyridine rings is 2. The van der Waals surface area contributed by atoms with Crippen LogP contribution in [-0.4, -0.2) is 15.9 Å². The van der Waals surface area contributed by atoms with E-state index in [1.807, 2.05) is 68.4 Å². The Balaban J connectivity index is 1.80. The van der Waals surface area contributed by atoms with Gasteiger partial charge in [-0.1, -0.05) is 29.8 Å². The van der Waals surface area contributed by atoms with Gasteiger partial charge in [0.25, 0.3) is 5.91 Å². The molecule has 0 aliphatic carbocycles. The number of anilines is 1. The number of hydrogen-bond donors (Lipinski definition) is 1. The molecule has 0 spiro atoms. The highest BCUT2D eigenvalue weighted by molar-refractivity contribution is 6.14. The molecular weight excluding hydrogens is 310 g/mol. The van der Waals surface area contributed by atoms with Crippen molar-refractivity contribution in [3.63, 3.8) is 0 Å². The van der Waals surface area contributed by atoms with Gasteiger partial charge < -0.3 is 5.32 Å². The lowest BCUT2D eigenvalue weighted by Gasteiger charge is -2.11. The fourth-order valence-corrected chi connectivity index (χ4v) is 3.05. The van der Waals surface area contributed by atoms with Crippen LogP contribution < -0.4 is 5.32 Å². The number of rotatable bonds is 2. The second-order valence-corrected chi connectivity index (χ2v) is 6.16. The normalized spacial score (nSPS) is 11.0. The summed E-state index contributed by atoms with van der Waals surface area (Å²) in [6.07, 6.45) is 1.71. The largest absolute Gasteiger partial charge is 0.321 e. The summed E-state index contributed by atoms with van der Waals surface area (Å²) in [5.74, 6) is -0.143. The van der Waals surface area contributed by atoms with Crippen LogP contribution in [0.4, 0.5) is 5.69 Å². The van der Waals surface area contributed by atoms with Crippen molar-refractivity contribution < 1.29 is 4.79 Å². The van der Waals surface area contributed by atoms with Gasteiger partial charge in [-0.25, -0.2) is 0 Å². The van der Waals surface area contributed by atoms with E-state index in [9.17, 15) is 4.79 Å². The van der Waals surface area contributed by atoms with E-state index in [1.54, 1.807) is 6.20 Å². The van der Waals surface area contributed by atoms with Crippen molar-refractivity contribution in [2.24, 2.45) is 0 Å². The third-order valence-corrected chi connectivity index (χ3v) is 4.23. The lowest BCUT2D eigenvalue weighted by Crippen LogP contribution is -2.13. The molecule has 0 radical (unpaired) electrons. The summed E-state index contributed by atoms with van der Waals surface area (Å²) < 4.78 is 0. The first-order valence-corrected chi connectivity index (χ1v) is 8.15. The number of hydrogen-bond acceptors (Lipinski definition) is 3. The number of amides is 1. The molecule has 0 unspecified atom stereocenters. The highest BCUT2D eigenvalue weighted by atomic mass is 16.1. The molecule has 2 aromatic carbocycles. The number of benzene rings is 2. The maximum Gasteiger partial charge on any atom is 0.256 e. The quantitative estimate of drug-likeness (QED) is 0.583. The number of para-hydroxylation sites is 1. The topological polar surface area (TPSA) is 54.9 Å². The molecule has 1 amide bonds. The number of nitrogens with zero attached hydrogens (tertiary/aromatic N) is 2. The molecule has 0 bridgehead atoms. The van der Waals surface area contributed by atoms with Crippen molar-refractivity contribution in [1.82, 2.24) is 9.97 Å². The lowest BCUT2D eigenvalue weighted by atomic mass is 10.1. The van der Waals surface area contributed by atoms with E-state index >= 15 is 0 Å². The van der Waals surface area contributed by atoms with Crippen LogP contribution in [0.5, 0.6) is 0 Å². The van der Waals surface area contributed by atoms with Crippen molar-refractivity contribution in [3.05, 3.63) is 77.6 Å². The van der Waals surface area contributed by atoms with Gasteiger partial charge in [0, 0.05) is 22.7 Å². The Morgan fingerprint density at radius 1 is 0.920 bits per heavy atom. The van der Waals surface area contributed by atoms with Crippen LogP contribution in [0.25, 0.3) is 21.8 Å². The Kier molecular flexibility index (Phi) is 3.65. The van der Waals surface area contributed by atoms with Crippen LogP contribution in [0, 0.1) is 13.8 Å². The maximum atomic E-state index is 12.9. The van der Waals surface area contributed by atoms with Crippen LogP contribution in [-0.2, 0) is 0 Å². The Hall–Kier alpha value is -3.27. The monoisotopic (exact) mass is 327 g/mol. The third kappa shape index (κ3) is 2.83. The third-order valence-electron chi connectivity index (χ3n) is 4.23. The first kappa shape index (κ1) is 15.3. The molecule has 0 saturated heterocycles. The predicted octanol–water partition coefficient (Wildman–Crippen LogP) is 4.65. The molecule has 2 aromatic heterocycles. The number of aryl methyl sites for hydroxylation is 2. The maximum absolute atomic E-state index is 12.9. The zero-order valence-corrected chi connectivity index (χ0v) is 14.1. The molecule has 4 nitrogen and oxygen atoms in total. The molecule has 0 aliphatic heterocycles. The molecule has 0 saturated carbocycles. The van der Waals surface area contributed by atoms with Gasteiger partial charge in [-0.05, 0) is 44.2 Å². The fraction of sp³-hybridized carbons (Fsp3) is 0.0952. The Bertz CT molecular complexity index is 1120. The number of nitrogens with one attached hydrogen (secondary N) is 1. The lowest BCUT2D eigenvalue weighted by molar-refractivity contribution is 0.102. The Morgan fingerprint density at radius 3 is 2.64 bits per heavy atom. The smallest absolute Gasteiger partial charge is 0.256 e. The van der Waals surface area contributed by atoms with E-state index < -0.39 is 0 Å². The number of aromatic nitrogens is 2. The van der Waals surface area contributed by atoms with Gasteiger partial charge >= 0.3 is 0 Å². The van der Waals surface area contributed by atoms with E-state index in [0.717, 1.165) is 38.8 Å². The zero-order chi connectivity index (χ0) is 17.4. The number of fused-ring (bicyclic) bond motifs is 2. The molecule has 4 rings (SSSR count). The SMILES string of the molecule is Cc1ccc2nccc(NC(=O)c3cc(C)nc4ccccc34)c2c1. The van der Waals surface area contributed by atoms with Crippen molar-refractivity contribution in [3.8, 4) is 0 Å². The van der Waals surface area contributed by atoms with Gasteiger partial charge in [0.15, 0.2) is 0 Å². The summed E-state index contributed by atoms with van der Waals surface area (Å²) in [7, 11) is 0. The highest BCUT2D eigenvalue weighted by Crippen LogP contribution is 2.25. The van der Waals surface area contributed by atoms with Crippen LogP contribution >= 0.6 is 0 Å². The van der Waals surface area contributed by atoms with E-state index in [1.165, 1.54) is 0 Å². The van der Waals surface area contributed by atoms with Gasteiger partial charge in [-0.3, -0.25) is 14.8 Å². The average Bonchev–Trinajstić information content (AvgIpc) is 2.61. The molecule has 25 heavy (non-hydrogen) atoms. The van der Waals surface area contributed by atoms with Crippen LogP contribution in [0.1, 0.15) is 21.6 Å². The summed E-state index contributed by atoms with van der Waals surface area (Å²) in [5, 5.41) is 4.82. The molecule has 4 heteroatoms. The second kappa shape index (κ2) is 5.98. The van der Waals surface area contributed by atoms with E-state index in [2.05, 4.69) is 15.3 Å². The Morgan fingerprint density at radius 2 is 1.76 bits per heavy atom.